The van der Waals surface area contributed by atoms with Crippen LogP contribution in [-0.2, 0) is 16.0 Å². The lowest BCUT2D eigenvalue weighted by molar-refractivity contribution is -0.127. The van der Waals surface area contributed by atoms with Gasteiger partial charge in [-0.2, -0.15) is 0 Å². The summed E-state index contributed by atoms with van der Waals surface area (Å²) in [4.78, 5) is 27.4. The Labute approximate surface area is 183 Å². The Morgan fingerprint density at radius 1 is 1.03 bits per heavy atom. The summed E-state index contributed by atoms with van der Waals surface area (Å²) in [5.41, 5.74) is 4.02. The normalized spacial score (nSPS) is 15.6. The SMILES string of the molecule is Cc1c(-c2ccc(F)c(F)c2)[nH]c(-c2ccc(F)cc2)c1CCC(=O)NC1CCNC1=O. The summed E-state index contributed by atoms with van der Waals surface area (Å²) in [6.45, 7) is 2.37. The molecule has 1 atom stereocenters. The highest BCUT2D eigenvalue weighted by atomic mass is 19.2. The predicted octanol–water partition coefficient (Wildman–Crippen LogP) is 4.01. The molecule has 0 spiro atoms. The van der Waals surface area contributed by atoms with E-state index in [1.165, 1.54) is 18.2 Å². The molecule has 3 N–H and O–H groups in total. The van der Waals surface area contributed by atoms with Crippen molar-refractivity contribution in [1.82, 2.24) is 15.6 Å². The molecule has 3 aromatic rings. The Kier molecular flexibility index (Phi) is 6.03. The minimum Gasteiger partial charge on any atom is -0.354 e. The lowest BCUT2D eigenvalue weighted by Gasteiger charge is -2.11. The quantitative estimate of drug-likeness (QED) is 0.541. The van der Waals surface area contributed by atoms with Crippen LogP contribution in [0.15, 0.2) is 42.5 Å². The van der Waals surface area contributed by atoms with Crippen LogP contribution in [0, 0.1) is 24.4 Å². The third-order valence-corrected chi connectivity index (χ3v) is 5.71. The Hall–Kier alpha value is -3.55. The molecule has 5 nitrogen and oxygen atoms in total. The number of hydrogen-bond donors (Lipinski definition) is 3. The van der Waals surface area contributed by atoms with E-state index in [1.807, 2.05) is 6.92 Å². The summed E-state index contributed by atoms with van der Waals surface area (Å²) < 4.78 is 40.7. The van der Waals surface area contributed by atoms with Crippen LogP contribution in [0.1, 0.15) is 24.0 Å². The van der Waals surface area contributed by atoms with E-state index in [9.17, 15) is 22.8 Å². The molecule has 4 rings (SSSR count). The number of aromatic amines is 1. The molecular weight excluding hydrogens is 419 g/mol. The minimum atomic E-state index is -0.962. The molecule has 1 saturated heterocycles. The number of rotatable bonds is 6. The number of carbonyl (C=O) groups excluding carboxylic acids is 2. The molecule has 0 saturated carbocycles. The second-order valence-electron chi connectivity index (χ2n) is 7.81. The zero-order valence-electron chi connectivity index (χ0n) is 17.4. The zero-order valence-corrected chi connectivity index (χ0v) is 17.4. The number of benzene rings is 2. The zero-order chi connectivity index (χ0) is 22.8. The van der Waals surface area contributed by atoms with Crippen LogP contribution in [0.5, 0.6) is 0 Å². The van der Waals surface area contributed by atoms with Crippen LogP contribution >= 0.6 is 0 Å². The first-order valence-electron chi connectivity index (χ1n) is 10.3. The first-order valence-corrected chi connectivity index (χ1v) is 10.3. The van der Waals surface area contributed by atoms with Crippen molar-refractivity contribution in [3.05, 3.63) is 71.0 Å². The molecule has 0 radical (unpaired) electrons. The Balaban J connectivity index is 1.65. The molecule has 1 aliphatic rings. The fourth-order valence-electron chi connectivity index (χ4n) is 3.99. The van der Waals surface area contributed by atoms with Gasteiger partial charge in [0.05, 0.1) is 0 Å². The van der Waals surface area contributed by atoms with Crippen LogP contribution in [0.25, 0.3) is 22.5 Å². The third-order valence-electron chi connectivity index (χ3n) is 5.71. The summed E-state index contributed by atoms with van der Waals surface area (Å²) in [5.74, 6) is -2.73. The van der Waals surface area contributed by atoms with Gasteiger partial charge in [-0.25, -0.2) is 13.2 Å². The number of aromatic nitrogens is 1. The fourth-order valence-corrected chi connectivity index (χ4v) is 3.99. The summed E-state index contributed by atoms with van der Waals surface area (Å²) in [7, 11) is 0. The van der Waals surface area contributed by atoms with Crippen molar-refractivity contribution in [2.24, 2.45) is 0 Å². The van der Waals surface area contributed by atoms with Crippen molar-refractivity contribution >= 4 is 11.8 Å². The van der Waals surface area contributed by atoms with E-state index < -0.39 is 17.7 Å². The van der Waals surface area contributed by atoms with Crippen LogP contribution in [0.4, 0.5) is 13.2 Å². The first kappa shape index (κ1) is 21.7. The standard InChI is InChI=1S/C24H22F3N3O2/c1-13-17(7-9-21(31)29-20-10-11-28-24(20)32)23(14-2-5-16(25)6-3-14)30-22(13)15-4-8-18(26)19(27)12-15/h2-6,8,12,20,30H,7,9-11H2,1H3,(H,28,32)(H,29,31). The highest BCUT2D eigenvalue weighted by molar-refractivity contribution is 5.89. The van der Waals surface area contributed by atoms with Gasteiger partial charge in [-0.15, -0.1) is 0 Å². The van der Waals surface area contributed by atoms with Crippen molar-refractivity contribution in [2.45, 2.75) is 32.2 Å². The number of amides is 2. The summed E-state index contributed by atoms with van der Waals surface area (Å²) in [5, 5.41) is 5.41. The maximum absolute atomic E-state index is 13.8. The highest BCUT2D eigenvalue weighted by Gasteiger charge is 2.26. The van der Waals surface area contributed by atoms with E-state index in [1.54, 1.807) is 12.1 Å². The van der Waals surface area contributed by atoms with Crippen molar-refractivity contribution in [2.75, 3.05) is 6.54 Å². The van der Waals surface area contributed by atoms with Crippen LogP contribution in [0.2, 0.25) is 0 Å². The fraction of sp³-hybridized carbons (Fsp3) is 0.250. The summed E-state index contributed by atoms with van der Waals surface area (Å²) >= 11 is 0. The van der Waals surface area contributed by atoms with E-state index in [-0.39, 0.29) is 24.1 Å². The molecule has 8 heteroatoms. The molecule has 1 aromatic heterocycles. The van der Waals surface area contributed by atoms with Gasteiger partial charge < -0.3 is 15.6 Å². The molecule has 1 fully saturated rings. The maximum Gasteiger partial charge on any atom is 0.242 e. The van der Waals surface area contributed by atoms with E-state index >= 15 is 0 Å². The second kappa shape index (κ2) is 8.90. The average Bonchev–Trinajstić information content (AvgIpc) is 3.32. The van der Waals surface area contributed by atoms with Gasteiger partial charge in [-0.05, 0) is 78.9 Å². The Morgan fingerprint density at radius 2 is 1.75 bits per heavy atom. The van der Waals surface area contributed by atoms with Gasteiger partial charge in [0, 0.05) is 29.9 Å². The topological polar surface area (TPSA) is 74.0 Å². The predicted molar refractivity (Wildman–Crippen MR) is 114 cm³/mol. The molecule has 2 heterocycles. The van der Waals surface area contributed by atoms with E-state index in [2.05, 4.69) is 15.6 Å². The maximum atomic E-state index is 13.8. The third kappa shape index (κ3) is 4.39. The Bertz CT molecular complexity index is 1170. The molecular formula is C24H22F3N3O2. The molecule has 166 valence electrons. The second-order valence-corrected chi connectivity index (χ2v) is 7.81. The smallest absolute Gasteiger partial charge is 0.242 e. The number of hydrogen-bond acceptors (Lipinski definition) is 2. The van der Waals surface area contributed by atoms with Gasteiger partial charge in [-0.3, -0.25) is 9.59 Å². The molecule has 0 bridgehead atoms. The van der Waals surface area contributed by atoms with Crippen molar-refractivity contribution < 1.29 is 22.8 Å². The van der Waals surface area contributed by atoms with Gasteiger partial charge in [0.25, 0.3) is 0 Å². The molecule has 1 aliphatic heterocycles. The van der Waals surface area contributed by atoms with Crippen molar-refractivity contribution in [3.63, 3.8) is 0 Å². The summed E-state index contributed by atoms with van der Waals surface area (Å²) in [6, 6.07) is 9.00. The lowest BCUT2D eigenvalue weighted by atomic mass is 9.98. The number of halogens is 3. The van der Waals surface area contributed by atoms with E-state index in [0.717, 1.165) is 23.3 Å². The molecule has 1 unspecified atom stereocenters. The van der Waals surface area contributed by atoms with Crippen molar-refractivity contribution in [1.29, 1.82) is 0 Å². The lowest BCUT2D eigenvalue weighted by Crippen LogP contribution is -2.40. The number of H-pyrrole nitrogens is 1. The molecule has 32 heavy (non-hydrogen) atoms. The molecule has 2 amide bonds. The molecule has 2 aromatic carbocycles. The van der Waals surface area contributed by atoms with Crippen LogP contribution in [0.3, 0.4) is 0 Å². The monoisotopic (exact) mass is 441 g/mol. The highest BCUT2D eigenvalue weighted by Crippen LogP contribution is 2.35. The minimum absolute atomic E-state index is 0.133. The average molecular weight is 441 g/mol. The Morgan fingerprint density at radius 3 is 2.41 bits per heavy atom. The van der Waals surface area contributed by atoms with E-state index in [4.69, 9.17) is 0 Å². The van der Waals surface area contributed by atoms with Crippen LogP contribution in [-0.4, -0.2) is 29.4 Å². The first-order chi connectivity index (χ1) is 15.3. The van der Waals surface area contributed by atoms with Gasteiger partial charge in [0.2, 0.25) is 11.8 Å². The van der Waals surface area contributed by atoms with E-state index in [0.29, 0.717) is 41.9 Å². The number of nitrogens with one attached hydrogen (secondary N) is 3. The summed E-state index contributed by atoms with van der Waals surface area (Å²) in [6.07, 6.45) is 1.03. The molecule has 0 aliphatic carbocycles. The van der Waals surface area contributed by atoms with Gasteiger partial charge in [0.1, 0.15) is 11.9 Å². The number of carbonyl (C=O) groups is 2. The van der Waals surface area contributed by atoms with Gasteiger partial charge >= 0.3 is 0 Å². The van der Waals surface area contributed by atoms with Gasteiger partial charge in [-0.1, -0.05) is 0 Å². The van der Waals surface area contributed by atoms with Crippen LogP contribution < -0.4 is 10.6 Å². The van der Waals surface area contributed by atoms with Gasteiger partial charge in [0.15, 0.2) is 11.6 Å². The van der Waals surface area contributed by atoms with Crippen molar-refractivity contribution in [3.8, 4) is 22.5 Å². The largest absolute Gasteiger partial charge is 0.354 e.